The van der Waals surface area contributed by atoms with Gasteiger partial charge in [0.1, 0.15) is 6.61 Å². The van der Waals surface area contributed by atoms with Crippen molar-refractivity contribution in [3.63, 3.8) is 0 Å². The highest BCUT2D eigenvalue weighted by molar-refractivity contribution is 7.09. The summed E-state index contributed by atoms with van der Waals surface area (Å²) in [6.07, 6.45) is 2.26. The first-order chi connectivity index (χ1) is 6.76. The molecule has 14 heavy (non-hydrogen) atoms. The second-order valence-electron chi connectivity index (χ2n) is 3.00. The highest BCUT2D eigenvalue weighted by Crippen LogP contribution is 2.11. The molecular weight excluding hydrogens is 198 g/mol. The summed E-state index contributed by atoms with van der Waals surface area (Å²) < 4.78 is 5.03. The maximum Gasteiger partial charge on any atom is 0.306 e. The van der Waals surface area contributed by atoms with Gasteiger partial charge < -0.3 is 4.74 Å². The first-order valence-corrected chi connectivity index (χ1v) is 5.73. The van der Waals surface area contributed by atoms with Crippen molar-refractivity contribution in [2.75, 3.05) is 0 Å². The van der Waals surface area contributed by atoms with Crippen LogP contribution in [0.4, 0.5) is 0 Å². The van der Waals surface area contributed by atoms with Gasteiger partial charge in [0.25, 0.3) is 0 Å². The number of aromatic nitrogens is 1. The molecule has 3 nitrogen and oxygen atoms in total. The molecule has 0 fully saturated rings. The van der Waals surface area contributed by atoms with E-state index >= 15 is 0 Å². The molecule has 0 bridgehead atoms. The molecular formula is C10H15NO2S. The van der Waals surface area contributed by atoms with E-state index in [1.807, 2.05) is 12.3 Å². The van der Waals surface area contributed by atoms with Gasteiger partial charge in [0.2, 0.25) is 0 Å². The topological polar surface area (TPSA) is 39.2 Å². The maximum atomic E-state index is 11.0. The lowest BCUT2D eigenvalue weighted by atomic mass is 10.3. The lowest BCUT2D eigenvalue weighted by Gasteiger charge is -2.00. The zero-order valence-electron chi connectivity index (χ0n) is 8.58. The van der Waals surface area contributed by atoms with Gasteiger partial charge in [-0.05, 0) is 12.8 Å². The molecule has 0 amide bonds. The van der Waals surface area contributed by atoms with Gasteiger partial charge in [-0.15, -0.1) is 11.3 Å². The second kappa shape index (κ2) is 5.75. The van der Waals surface area contributed by atoms with Gasteiger partial charge in [-0.3, -0.25) is 4.79 Å². The summed E-state index contributed by atoms with van der Waals surface area (Å²) in [6.45, 7) is 4.33. The Morgan fingerprint density at radius 3 is 2.93 bits per heavy atom. The van der Waals surface area contributed by atoms with Gasteiger partial charge in [-0.1, -0.05) is 13.8 Å². The molecule has 0 saturated heterocycles. The standard InChI is InChI=1S/C10H15NO2S/c1-3-5-10(12)13-6-8-7-14-9(4-2)11-8/h7H,3-6H2,1-2H3. The fraction of sp³-hybridized carbons (Fsp3) is 0.600. The number of nitrogens with zero attached hydrogens (tertiary/aromatic N) is 1. The monoisotopic (exact) mass is 213 g/mol. The fourth-order valence-electron chi connectivity index (χ4n) is 1.01. The average molecular weight is 213 g/mol. The van der Waals surface area contributed by atoms with E-state index in [2.05, 4.69) is 11.9 Å². The zero-order valence-corrected chi connectivity index (χ0v) is 9.39. The summed E-state index contributed by atoms with van der Waals surface area (Å²) in [5.41, 5.74) is 0.858. The number of thiazole rings is 1. The minimum absolute atomic E-state index is 0.140. The van der Waals surface area contributed by atoms with E-state index in [0.29, 0.717) is 13.0 Å². The predicted octanol–water partition coefficient (Wildman–Crippen LogP) is 2.55. The lowest BCUT2D eigenvalue weighted by Crippen LogP contribution is -2.03. The van der Waals surface area contributed by atoms with Crippen molar-refractivity contribution in [1.82, 2.24) is 4.98 Å². The molecule has 1 heterocycles. The third-order valence-electron chi connectivity index (χ3n) is 1.74. The minimum Gasteiger partial charge on any atom is -0.459 e. The van der Waals surface area contributed by atoms with Crippen LogP contribution in [0.25, 0.3) is 0 Å². The van der Waals surface area contributed by atoms with Crippen molar-refractivity contribution in [2.45, 2.75) is 39.7 Å². The molecule has 0 aliphatic carbocycles. The number of rotatable bonds is 5. The molecule has 0 aliphatic heterocycles. The van der Waals surface area contributed by atoms with Crippen LogP contribution in [0.15, 0.2) is 5.38 Å². The Kier molecular flexibility index (Phi) is 4.59. The smallest absolute Gasteiger partial charge is 0.306 e. The van der Waals surface area contributed by atoms with Crippen LogP contribution >= 0.6 is 11.3 Å². The van der Waals surface area contributed by atoms with Crippen LogP contribution in [0.2, 0.25) is 0 Å². The maximum absolute atomic E-state index is 11.0. The van der Waals surface area contributed by atoms with Crippen LogP contribution in [-0.4, -0.2) is 11.0 Å². The van der Waals surface area contributed by atoms with Crippen LogP contribution in [0.1, 0.15) is 37.4 Å². The number of carbonyl (C=O) groups is 1. The number of aryl methyl sites for hydroxylation is 1. The first kappa shape index (κ1) is 11.2. The number of hydrogen-bond donors (Lipinski definition) is 0. The van der Waals surface area contributed by atoms with Crippen molar-refractivity contribution in [3.8, 4) is 0 Å². The number of esters is 1. The Morgan fingerprint density at radius 2 is 2.36 bits per heavy atom. The van der Waals surface area contributed by atoms with Gasteiger partial charge >= 0.3 is 5.97 Å². The third kappa shape index (κ3) is 3.46. The van der Waals surface area contributed by atoms with E-state index in [1.54, 1.807) is 11.3 Å². The summed E-state index contributed by atoms with van der Waals surface area (Å²) in [7, 11) is 0. The summed E-state index contributed by atoms with van der Waals surface area (Å²) in [6, 6.07) is 0. The van der Waals surface area contributed by atoms with Gasteiger partial charge in [0.05, 0.1) is 10.7 Å². The Morgan fingerprint density at radius 1 is 1.57 bits per heavy atom. The molecule has 0 aliphatic rings. The highest BCUT2D eigenvalue weighted by atomic mass is 32.1. The van der Waals surface area contributed by atoms with Crippen molar-refractivity contribution >= 4 is 17.3 Å². The summed E-state index contributed by atoms with van der Waals surface area (Å²) in [5, 5.41) is 3.03. The molecule has 1 rings (SSSR count). The fourth-order valence-corrected chi connectivity index (χ4v) is 1.74. The SMILES string of the molecule is CCCC(=O)OCc1csc(CC)n1. The molecule has 0 atom stereocenters. The van der Waals surface area contributed by atoms with E-state index in [4.69, 9.17) is 4.74 Å². The molecule has 1 aromatic rings. The quantitative estimate of drug-likeness (QED) is 0.706. The van der Waals surface area contributed by atoms with Crippen molar-refractivity contribution in [1.29, 1.82) is 0 Å². The van der Waals surface area contributed by atoms with Crippen LogP contribution in [0.3, 0.4) is 0 Å². The Hall–Kier alpha value is -0.900. The minimum atomic E-state index is -0.140. The third-order valence-corrected chi connectivity index (χ3v) is 2.78. The van der Waals surface area contributed by atoms with Gasteiger partial charge in [-0.2, -0.15) is 0 Å². The molecule has 1 aromatic heterocycles. The van der Waals surface area contributed by atoms with Crippen molar-refractivity contribution < 1.29 is 9.53 Å². The lowest BCUT2D eigenvalue weighted by molar-refractivity contribution is -0.145. The zero-order chi connectivity index (χ0) is 10.4. The van der Waals surface area contributed by atoms with E-state index in [-0.39, 0.29) is 5.97 Å². The Balaban J connectivity index is 2.34. The molecule has 0 aromatic carbocycles. The first-order valence-electron chi connectivity index (χ1n) is 4.85. The number of carbonyl (C=O) groups excluding carboxylic acids is 1. The number of hydrogen-bond acceptors (Lipinski definition) is 4. The summed E-state index contributed by atoms with van der Waals surface area (Å²) >= 11 is 1.61. The van der Waals surface area contributed by atoms with Crippen LogP contribution in [0.5, 0.6) is 0 Å². The molecule has 0 unspecified atom stereocenters. The average Bonchev–Trinajstić information content (AvgIpc) is 2.63. The van der Waals surface area contributed by atoms with E-state index in [9.17, 15) is 4.79 Å². The highest BCUT2D eigenvalue weighted by Gasteiger charge is 2.04. The van der Waals surface area contributed by atoms with Crippen molar-refractivity contribution in [3.05, 3.63) is 16.1 Å². The molecule has 78 valence electrons. The van der Waals surface area contributed by atoms with Crippen LogP contribution in [-0.2, 0) is 22.6 Å². The largest absolute Gasteiger partial charge is 0.459 e. The summed E-state index contributed by atoms with van der Waals surface area (Å²) in [4.78, 5) is 15.3. The van der Waals surface area contributed by atoms with E-state index in [1.165, 1.54) is 0 Å². The van der Waals surface area contributed by atoms with Crippen LogP contribution in [0, 0.1) is 0 Å². The molecule has 4 heteroatoms. The normalized spacial score (nSPS) is 10.1. The van der Waals surface area contributed by atoms with Crippen molar-refractivity contribution in [2.24, 2.45) is 0 Å². The molecule has 0 spiro atoms. The van der Waals surface area contributed by atoms with Crippen LogP contribution < -0.4 is 0 Å². The molecule has 0 radical (unpaired) electrons. The van der Waals surface area contributed by atoms with Gasteiger partial charge in [0.15, 0.2) is 0 Å². The molecule has 0 N–H and O–H groups in total. The molecule has 0 saturated carbocycles. The summed E-state index contributed by atoms with van der Waals surface area (Å²) in [5.74, 6) is -0.140. The van der Waals surface area contributed by atoms with E-state index in [0.717, 1.165) is 23.5 Å². The predicted molar refractivity (Wildman–Crippen MR) is 56.2 cm³/mol. The number of ether oxygens (including phenoxy) is 1. The van der Waals surface area contributed by atoms with Gasteiger partial charge in [0, 0.05) is 11.8 Å². The Labute approximate surface area is 88.1 Å². The van der Waals surface area contributed by atoms with E-state index < -0.39 is 0 Å². The Bertz CT molecular complexity index is 296. The van der Waals surface area contributed by atoms with Gasteiger partial charge in [-0.25, -0.2) is 4.98 Å². The second-order valence-corrected chi connectivity index (χ2v) is 3.94.